The molecule has 1 heterocycles. The van der Waals surface area contributed by atoms with Crippen molar-refractivity contribution in [3.8, 4) is 5.75 Å². The quantitative estimate of drug-likeness (QED) is 0.842. The molecule has 1 aliphatic rings. The Labute approximate surface area is 130 Å². The Balaban J connectivity index is 2.28. The molecule has 0 aliphatic heterocycles. The second-order valence-corrected chi connectivity index (χ2v) is 5.91. The molecule has 0 spiro atoms. The Kier molecular flexibility index (Phi) is 4.20. The number of ether oxygens (including phenoxy) is 1. The molecule has 1 aromatic carbocycles. The van der Waals surface area contributed by atoms with Crippen LogP contribution in [0, 0.1) is 0 Å². The molecule has 2 aromatic rings. The lowest BCUT2D eigenvalue weighted by Crippen LogP contribution is -2.06. The summed E-state index contributed by atoms with van der Waals surface area (Å²) >= 11 is 6.31. The summed E-state index contributed by atoms with van der Waals surface area (Å²) in [4.78, 5) is 4.89. The third kappa shape index (κ3) is 2.67. The van der Waals surface area contributed by atoms with Gasteiger partial charge in [0.25, 0.3) is 0 Å². The lowest BCUT2D eigenvalue weighted by Gasteiger charge is -2.17. The first-order chi connectivity index (χ1) is 10.2. The number of pyridine rings is 1. The van der Waals surface area contributed by atoms with Crippen molar-refractivity contribution in [2.75, 3.05) is 19.0 Å². The number of anilines is 1. The zero-order chi connectivity index (χ0) is 14.8. The number of aryl methyl sites for hydroxylation is 1. The van der Waals surface area contributed by atoms with Crippen molar-refractivity contribution in [3.05, 3.63) is 28.4 Å². The molecule has 1 N–H and O–H groups in total. The first kappa shape index (κ1) is 14.5. The molecule has 0 unspecified atom stereocenters. The van der Waals surface area contributed by atoms with Gasteiger partial charge in [0.15, 0.2) is 0 Å². The molecule has 0 atom stereocenters. The van der Waals surface area contributed by atoms with E-state index in [0.717, 1.165) is 30.3 Å². The van der Waals surface area contributed by atoms with Gasteiger partial charge in [-0.2, -0.15) is 0 Å². The zero-order valence-electron chi connectivity index (χ0n) is 12.6. The Bertz CT molecular complexity index is 670. The average molecular weight is 305 g/mol. The lowest BCUT2D eigenvalue weighted by molar-refractivity contribution is 0.415. The summed E-state index contributed by atoms with van der Waals surface area (Å²) in [5, 5.41) is 5.27. The summed E-state index contributed by atoms with van der Waals surface area (Å²) < 4.78 is 5.33. The van der Waals surface area contributed by atoms with Crippen LogP contribution < -0.4 is 10.1 Å². The average Bonchev–Trinajstić information content (AvgIpc) is 2.72. The van der Waals surface area contributed by atoms with E-state index in [2.05, 4.69) is 12.2 Å². The van der Waals surface area contributed by atoms with Crippen molar-refractivity contribution in [2.45, 2.75) is 39.0 Å². The lowest BCUT2D eigenvalue weighted by atomic mass is 10.0. The Morgan fingerprint density at radius 2 is 2.05 bits per heavy atom. The predicted molar refractivity (Wildman–Crippen MR) is 88.7 cm³/mol. The fourth-order valence-electron chi connectivity index (χ4n) is 3.14. The van der Waals surface area contributed by atoms with Crippen LogP contribution in [0.3, 0.4) is 0 Å². The van der Waals surface area contributed by atoms with E-state index >= 15 is 0 Å². The molecule has 0 bridgehead atoms. The summed E-state index contributed by atoms with van der Waals surface area (Å²) in [5.74, 6) is 0.688. The standard InChI is InChI=1S/C17H21ClN2O/c1-3-19-17-11-7-5-4-6-8-14(11)20-15-10-16(21-2)13(18)9-12(15)17/h9-10H,3-8H2,1-2H3,(H,19,20). The number of benzene rings is 1. The fourth-order valence-corrected chi connectivity index (χ4v) is 3.38. The molecule has 21 heavy (non-hydrogen) atoms. The third-order valence-electron chi connectivity index (χ3n) is 4.14. The van der Waals surface area contributed by atoms with Gasteiger partial charge in [0.05, 0.1) is 17.6 Å². The predicted octanol–water partition coefficient (Wildman–Crippen LogP) is 4.60. The van der Waals surface area contributed by atoms with Gasteiger partial charge in [-0.05, 0) is 44.2 Å². The normalized spacial score (nSPS) is 14.6. The Morgan fingerprint density at radius 3 is 2.81 bits per heavy atom. The van der Waals surface area contributed by atoms with Crippen LogP contribution >= 0.6 is 11.6 Å². The topological polar surface area (TPSA) is 34.2 Å². The monoisotopic (exact) mass is 304 g/mol. The summed E-state index contributed by atoms with van der Waals surface area (Å²) in [6, 6.07) is 3.93. The highest BCUT2D eigenvalue weighted by atomic mass is 35.5. The number of nitrogens with one attached hydrogen (secondary N) is 1. The minimum Gasteiger partial charge on any atom is -0.495 e. The second-order valence-electron chi connectivity index (χ2n) is 5.51. The van der Waals surface area contributed by atoms with E-state index in [0.29, 0.717) is 10.8 Å². The minimum atomic E-state index is 0.638. The Hall–Kier alpha value is -1.48. The van der Waals surface area contributed by atoms with Gasteiger partial charge < -0.3 is 10.1 Å². The van der Waals surface area contributed by atoms with Gasteiger partial charge in [-0.15, -0.1) is 0 Å². The van der Waals surface area contributed by atoms with Crippen LogP contribution in [0.2, 0.25) is 5.02 Å². The van der Waals surface area contributed by atoms with Crippen molar-refractivity contribution >= 4 is 28.2 Å². The summed E-state index contributed by atoms with van der Waals surface area (Å²) in [7, 11) is 1.64. The number of aromatic nitrogens is 1. The van der Waals surface area contributed by atoms with Gasteiger partial charge in [-0.1, -0.05) is 18.0 Å². The van der Waals surface area contributed by atoms with Gasteiger partial charge in [0.1, 0.15) is 5.75 Å². The van der Waals surface area contributed by atoms with Crippen LogP contribution in [0.1, 0.15) is 37.4 Å². The van der Waals surface area contributed by atoms with E-state index in [4.69, 9.17) is 21.3 Å². The fraction of sp³-hybridized carbons (Fsp3) is 0.471. The molecular formula is C17H21ClN2O. The van der Waals surface area contributed by atoms with E-state index in [1.165, 1.54) is 36.2 Å². The van der Waals surface area contributed by atoms with Crippen molar-refractivity contribution in [2.24, 2.45) is 0 Å². The number of nitrogens with zero attached hydrogens (tertiary/aromatic N) is 1. The molecular weight excluding hydrogens is 284 g/mol. The number of halogens is 1. The van der Waals surface area contributed by atoms with E-state index in [1.54, 1.807) is 7.11 Å². The molecule has 0 saturated carbocycles. The van der Waals surface area contributed by atoms with Crippen molar-refractivity contribution in [1.82, 2.24) is 4.98 Å². The number of hydrogen-bond donors (Lipinski definition) is 1. The number of rotatable bonds is 3. The number of hydrogen-bond acceptors (Lipinski definition) is 3. The highest BCUT2D eigenvalue weighted by molar-refractivity contribution is 6.33. The summed E-state index contributed by atoms with van der Waals surface area (Å²) in [6.45, 7) is 3.02. The van der Waals surface area contributed by atoms with Crippen LogP contribution in [0.15, 0.2) is 12.1 Å². The molecule has 3 nitrogen and oxygen atoms in total. The second kappa shape index (κ2) is 6.10. The molecule has 0 saturated heterocycles. The molecule has 1 aliphatic carbocycles. The maximum atomic E-state index is 6.31. The smallest absolute Gasteiger partial charge is 0.139 e. The number of fused-ring (bicyclic) bond motifs is 2. The minimum absolute atomic E-state index is 0.638. The maximum Gasteiger partial charge on any atom is 0.139 e. The SMILES string of the molecule is CCNc1c2c(nc3cc(OC)c(Cl)cc13)CCCCC2. The van der Waals surface area contributed by atoms with E-state index < -0.39 is 0 Å². The highest BCUT2D eigenvalue weighted by Crippen LogP contribution is 2.37. The van der Waals surface area contributed by atoms with Crippen LogP contribution in [-0.4, -0.2) is 18.6 Å². The van der Waals surface area contributed by atoms with Gasteiger partial charge in [-0.25, -0.2) is 0 Å². The van der Waals surface area contributed by atoms with Gasteiger partial charge in [-0.3, -0.25) is 4.98 Å². The number of methoxy groups -OCH3 is 1. The molecule has 0 radical (unpaired) electrons. The highest BCUT2D eigenvalue weighted by Gasteiger charge is 2.18. The van der Waals surface area contributed by atoms with Crippen LogP contribution in [0.5, 0.6) is 5.75 Å². The van der Waals surface area contributed by atoms with Gasteiger partial charge in [0.2, 0.25) is 0 Å². The molecule has 0 amide bonds. The van der Waals surface area contributed by atoms with Crippen molar-refractivity contribution in [3.63, 3.8) is 0 Å². The summed E-state index contributed by atoms with van der Waals surface area (Å²) in [6.07, 6.45) is 5.91. The van der Waals surface area contributed by atoms with E-state index in [1.807, 2.05) is 12.1 Å². The molecule has 112 valence electrons. The van der Waals surface area contributed by atoms with Gasteiger partial charge >= 0.3 is 0 Å². The van der Waals surface area contributed by atoms with E-state index in [-0.39, 0.29) is 0 Å². The van der Waals surface area contributed by atoms with Crippen LogP contribution in [0.4, 0.5) is 5.69 Å². The molecule has 0 fully saturated rings. The first-order valence-electron chi connectivity index (χ1n) is 7.67. The molecule has 4 heteroatoms. The largest absolute Gasteiger partial charge is 0.495 e. The molecule has 3 rings (SSSR count). The van der Waals surface area contributed by atoms with Crippen molar-refractivity contribution < 1.29 is 4.74 Å². The van der Waals surface area contributed by atoms with Crippen LogP contribution in [0.25, 0.3) is 10.9 Å². The Morgan fingerprint density at radius 1 is 1.24 bits per heavy atom. The third-order valence-corrected chi connectivity index (χ3v) is 4.43. The van der Waals surface area contributed by atoms with E-state index in [9.17, 15) is 0 Å². The van der Waals surface area contributed by atoms with Crippen molar-refractivity contribution in [1.29, 1.82) is 0 Å². The zero-order valence-corrected chi connectivity index (χ0v) is 13.4. The van der Waals surface area contributed by atoms with Gasteiger partial charge in [0, 0.05) is 29.4 Å². The first-order valence-corrected chi connectivity index (χ1v) is 8.05. The van der Waals surface area contributed by atoms with Crippen LogP contribution in [-0.2, 0) is 12.8 Å². The maximum absolute atomic E-state index is 6.31. The summed E-state index contributed by atoms with van der Waals surface area (Å²) in [5.41, 5.74) is 4.79. The molecule has 1 aromatic heterocycles.